The Labute approximate surface area is 111 Å². The second kappa shape index (κ2) is 3.99. The standard InChI is InChI=1S/C15H17NO3/c1-17-10-2-3-13-11(8-10)12-9-15(18-6-7-19-15)5-4-14(12)16-13/h2-3,8,16H,4-7,9H2,1H3. The maximum absolute atomic E-state index is 5.85. The molecule has 0 radical (unpaired) electrons. The monoisotopic (exact) mass is 259 g/mol. The molecule has 4 heteroatoms. The number of aromatic nitrogens is 1. The lowest BCUT2D eigenvalue weighted by atomic mass is 9.90. The van der Waals surface area contributed by atoms with Gasteiger partial charge >= 0.3 is 0 Å². The van der Waals surface area contributed by atoms with E-state index in [4.69, 9.17) is 14.2 Å². The van der Waals surface area contributed by atoms with Gasteiger partial charge in [0.1, 0.15) is 5.75 Å². The summed E-state index contributed by atoms with van der Waals surface area (Å²) in [7, 11) is 1.70. The van der Waals surface area contributed by atoms with Crippen LogP contribution < -0.4 is 4.74 Å². The van der Waals surface area contributed by atoms with Gasteiger partial charge in [-0.05, 0) is 30.2 Å². The number of hydrogen-bond donors (Lipinski definition) is 1. The number of aromatic amines is 1. The van der Waals surface area contributed by atoms with Crippen LogP contribution in [0.3, 0.4) is 0 Å². The summed E-state index contributed by atoms with van der Waals surface area (Å²) >= 11 is 0. The minimum atomic E-state index is -0.384. The maximum atomic E-state index is 5.85. The van der Waals surface area contributed by atoms with Gasteiger partial charge in [0.25, 0.3) is 0 Å². The minimum Gasteiger partial charge on any atom is -0.497 e. The predicted molar refractivity (Wildman–Crippen MR) is 71.5 cm³/mol. The van der Waals surface area contributed by atoms with Gasteiger partial charge in [-0.25, -0.2) is 0 Å². The first-order valence-corrected chi connectivity index (χ1v) is 6.75. The molecule has 1 saturated heterocycles. The van der Waals surface area contributed by atoms with Crippen LogP contribution in [0.4, 0.5) is 0 Å². The third kappa shape index (κ3) is 1.67. The SMILES string of the molecule is COc1ccc2[nH]c3c(c2c1)CC1(CC3)OCCO1. The van der Waals surface area contributed by atoms with Crippen LogP contribution >= 0.6 is 0 Å². The van der Waals surface area contributed by atoms with Gasteiger partial charge in [0.2, 0.25) is 0 Å². The van der Waals surface area contributed by atoms with Crippen LogP contribution in [0, 0.1) is 0 Å². The van der Waals surface area contributed by atoms with Gasteiger partial charge in [-0.2, -0.15) is 0 Å². The summed E-state index contributed by atoms with van der Waals surface area (Å²) in [5.74, 6) is 0.507. The van der Waals surface area contributed by atoms with Crippen molar-refractivity contribution in [2.45, 2.75) is 25.0 Å². The van der Waals surface area contributed by atoms with E-state index in [-0.39, 0.29) is 5.79 Å². The van der Waals surface area contributed by atoms with Crippen LogP contribution in [-0.4, -0.2) is 31.1 Å². The lowest BCUT2D eigenvalue weighted by molar-refractivity contribution is -0.163. The van der Waals surface area contributed by atoms with Gasteiger partial charge in [0, 0.05) is 29.4 Å². The van der Waals surface area contributed by atoms with Gasteiger partial charge in [-0.3, -0.25) is 0 Å². The third-order valence-corrected chi connectivity index (χ3v) is 4.22. The van der Waals surface area contributed by atoms with Crippen molar-refractivity contribution in [3.05, 3.63) is 29.5 Å². The highest BCUT2D eigenvalue weighted by atomic mass is 16.7. The molecule has 1 fully saturated rings. The van der Waals surface area contributed by atoms with Gasteiger partial charge < -0.3 is 19.2 Å². The zero-order valence-electron chi connectivity index (χ0n) is 11.0. The molecule has 1 aliphatic carbocycles. The highest BCUT2D eigenvalue weighted by molar-refractivity contribution is 5.86. The normalized spacial score (nSPS) is 20.9. The van der Waals surface area contributed by atoms with E-state index in [1.165, 1.54) is 22.2 Å². The quantitative estimate of drug-likeness (QED) is 0.855. The number of fused-ring (bicyclic) bond motifs is 3. The van der Waals surface area contributed by atoms with E-state index < -0.39 is 0 Å². The van der Waals surface area contributed by atoms with Crippen molar-refractivity contribution in [3.8, 4) is 5.75 Å². The first-order valence-electron chi connectivity index (χ1n) is 6.75. The molecular formula is C15H17NO3. The molecule has 4 nitrogen and oxygen atoms in total. The van der Waals surface area contributed by atoms with Crippen LogP contribution in [0.1, 0.15) is 17.7 Å². The Morgan fingerprint density at radius 1 is 1.26 bits per heavy atom. The molecule has 2 aliphatic rings. The molecule has 1 aliphatic heterocycles. The van der Waals surface area contributed by atoms with Gasteiger partial charge in [-0.15, -0.1) is 0 Å². The Morgan fingerprint density at radius 3 is 2.89 bits per heavy atom. The number of methoxy groups -OCH3 is 1. The first-order chi connectivity index (χ1) is 9.30. The molecule has 1 aromatic carbocycles. The summed E-state index contributed by atoms with van der Waals surface area (Å²) < 4.78 is 17.0. The van der Waals surface area contributed by atoms with Gasteiger partial charge in [0.15, 0.2) is 5.79 Å². The van der Waals surface area contributed by atoms with Crippen molar-refractivity contribution < 1.29 is 14.2 Å². The molecule has 2 heterocycles. The fourth-order valence-corrected chi connectivity index (χ4v) is 3.24. The minimum absolute atomic E-state index is 0.384. The van der Waals surface area contributed by atoms with Crippen molar-refractivity contribution in [1.82, 2.24) is 4.98 Å². The number of nitrogens with one attached hydrogen (secondary N) is 1. The molecule has 1 spiro atoms. The fraction of sp³-hybridized carbons (Fsp3) is 0.467. The summed E-state index contributed by atoms with van der Waals surface area (Å²) in [5, 5.41) is 1.23. The van der Waals surface area contributed by atoms with E-state index >= 15 is 0 Å². The number of ether oxygens (including phenoxy) is 3. The van der Waals surface area contributed by atoms with Crippen LogP contribution in [0.25, 0.3) is 10.9 Å². The second-order valence-electron chi connectivity index (χ2n) is 5.28. The average molecular weight is 259 g/mol. The molecule has 2 aromatic rings. The fourth-order valence-electron chi connectivity index (χ4n) is 3.24. The molecular weight excluding hydrogens is 242 g/mol. The van der Waals surface area contributed by atoms with E-state index in [1.807, 2.05) is 6.07 Å². The highest BCUT2D eigenvalue weighted by Gasteiger charge is 2.41. The van der Waals surface area contributed by atoms with Crippen molar-refractivity contribution in [2.24, 2.45) is 0 Å². The van der Waals surface area contributed by atoms with Crippen molar-refractivity contribution in [1.29, 1.82) is 0 Å². The topological polar surface area (TPSA) is 43.5 Å². The lowest BCUT2D eigenvalue weighted by Gasteiger charge is -2.31. The Morgan fingerprint density at radius 2 is 2.11 bits per heavy atom. The number of aryl methyl sites for hydroxylation is 1. The molecule has 4 rings (SSSR count). The Bertz CT molecular complexity index is 626. The molecule has 0 saturated carbocycles. The number of H-pyrrole nitrogens is 1. The number of rotatable bonds is 1. The molecule has 0 bridgehead atoms. The van der Waals surface area contributed by atoms with Crippen LogP contribution in [-0.2, 0) is 22.3 Å². The summed E-state index contributed by atoms with van der Waals surface area (Å²) in [6, 6.07) is 6.16. The molecule has 19 heavy (non-hydrogen) atoms. The van der Waals surface area contributed by atoms with E-state index in [9.17, 15) is 0 Å². The summed E-state index contributed by atoms with van der Waals surface area (Å²) in [6.07, 6.45) is 2.74. The largest absolute Gasteiger partial charge is 0.497 e. The summed E-state index contributed by atoms with van der Waals surface area (Å²) in [6.45, 7) is 1.42. The second-order valence-corrected chi connectivity index (χ2v) is 5.28. The molecule has 1 N–H and O–H groups in total. The smallest absolute Gasteiger partial charge is 0.172 e. The van der Waals surface area contributed by atoms with Crippen molar-refractivity contribution in [2.75, 3.05) is 20.3 Å². The highest BCUT2D eigenvalue weighted by Crippen LogP contribution is 2.39. The summed E-state index contributed by atoms with van der Waals surface area (Å²) in [5.41, 5.74) is 3.80. The zero-order valence-corrected chi connectivity index (χ0v) is 11.0. The molecule has 100 valence electrons. The Kier molecular flexibility index (Phi) is 2.37. The zero-order chi connectivity index (χ0) is 12.9. The van der Waals surface area contributed by atoms with Crippen molar-refractivity contribution in [3.63, 3.8) is 0 Å². The number of hydrogen-bond acceptors (Lipinski definition) is 3. The van der Waals surface area contributed by atoms with E-state index in [0.29, 0.717) is 13.2 Å². The van der Waals surface area contributed by atoms with Gasteiger partial charge in [-0.1, -0.05) is 0 Å². The summed E-state index contributed by atoms with van der Waals surface area (Å²) in [4.78, 5) is 3.51. The van der Waals surface area contributed by atoms with Crippen LogP contribution in [0.15, 0.2) is 18.2 Å². The Hall–Kier alpha value is -1.52. The molecule has 0 atom stereocenters. The Balaban J connectivity index is 1.83. The average Bonchev–Trinajstić information content (AvgIpc) is 3.03. The van der Waals surface area contributed by atoms with Crippen molar-refractivity contribution >= 4 is 10.9 Å². The maximum Gasteiger partial charge on any atom is 0.172 e. The van der Waals surface area contributed by atoms with Crippen LogP contribution in [0.2, 0.25) is 0 Å². The van der Waals surface area contributed by atoms with Crippen LogP contribution in [0.5, 0.6) is 5.75 Å². The molecule has 1 aromatic heterocycles. The molecule has 0 unspecified atom stereocenters. The lowest BCUT2D eigenvalue weighted by Crippen LogP contribution is -2.36. The third-order valence-electron chi connectivity index (χ3n) is 4.22. The number of benzene rings is 1. The van der Waals surface area contributed by atoms with Gasteiger partial charge in [0.05, 0.1) is 20.3 Å². The van der Waals surface area contributed by atoms with E-state index in [2.05, 4.69) is 17.1 Å². The predicted octanol–water partition coefficient (Wildman–Crippen LogP) is 2.41. The molecule has 0 amide bonds. The van der Waals surface area contributed by atoms with E-state index in [1.54, 1.807) is 7.11 Å². The van der Waals surface area contributed by atoms with E-state index in [0.717, 1.165) is 25.0 Å². The first kappa shape index (κ1) is 11.3.